The topological polar surface area (TPSA) is 63.6 Å². The van der Waals surface area contributed by atoms with Crippen molar-refractivity contribution in [2.24, 2.45) is 0 Å². The minimum atomic E-state index is 0.687. The SMILES string of the molecule is COc1cccc(-c2nc(N3CCOCC3)nc3c2CCN3c2cc(C)nc3ccccc23)c1. The van der Waals surface area contributed by atoms with Crippen LogP contribution in [0.2, 0.25) is 0 Å². The number of aromatic nitrogens is 3. The molecule has 0 spiro atoms. The zero-order chi connectivity index (χ0) is 23.1. The van der Waals surface area contributed by atoms with Crippen LogP contribution in [0.15, 0.2) is 54.6 Å². The van der Waals surface area contributed by atoms with Gasteiger partial charge in [0.1, 0.15) is 11.6 Å². The predicted octanol–water partition coefficient (Wildman–Crippen LogP) is 4.54. The fraction of sp³-hybridized carbons (Fsp3) is 0.296. The fourth-order valence-electron chi connectivity index (χ4n) is 4.90. The van der Waals surface area contributed by atoms with E-state index in [1.54, 1.807) is 7.11 Å². The van der Waals surface area contributed by atoms with Gasteiger partial charge < -0.3 is 19.3 Å². The van der Waals surface area contributed by atoms with Crippen molar-refractivity contribution in [2.75, 3.05) is 49.8 Å². The molecule has 1 fully saturated rings. The highest BCUT2D eigenvalue weighted by Crippen LogP contribution is 2.42. The van der Waals surface area contributed by atoms with Crippen LogP contribution in [0.1, 0.15) is 11.3 Å². The quantitative estimate of drug-likeness (QED) is 0.450. The fourth-order valence-corrected chi connectivity index (χ4v) is 4.90. The van der Waals surface area contributed by atoms with E-state index in [0.717, 1.165) is 77.1 Å². The summed E-state index contributed by atoms with van der Waals surface area (Å²) in [5.41, 5.74) is 6.33. The number of pyridine rings is 1. The van der Waals surface area contributed by atoms with E-state index >= 15 is 0 Å². The van der Waals surface area contributed by atoms with E-state index in [-0.39, 0.29) is 0 Å². The Balaban J connectivity index is 1.54. The Hall–Kier alpha value is -3.71. The molecular formula is C27H27N5O2. The predicted molar refractivity (Wildman–Crippen MR) is 134 cm³/mol. The first-order valence-electron chi connectivity index (χ1n) is 11.7. The Bertz CT molecular complexity index is 1370. The molecule has 7 heteroatoms. The van der Waals surface area contributed by atoms with Gasteiger partial charge in [0.2, 0.25) is 5.95 Å². The third kappa shape index (κ3) is 3.62. The van der Waals surface area contributed by atoms with Crippen LogP contribution < -0.4 is 14.5 Å². The van der Waals surface area contributed by atoms with Gasteiger partial charge in [0.15, 0.2) is 0 Å². The second kappa shape index (κ2) is 8.57. The molecule has 6 rings (SSSR count). The molecule has 172 valence electrons. The Morgan fingerprint density at radius 1 is 0.912 bits per heavy atom. The van der Waals surface area contributed by atoms with E-state index in [1.807, 2.05) is 25.1 Å². The number of anilines is 3. The monoisotopic (exact) mass is 453 g/mol. The molecule has 0 N–H and O–H groups in total. The minimum Gasteiger partial charge on any atom is -0.497 e. The van der Waals surface area contributed by atoms with Crippen molar-refractivity contribution < 1.29 is 9.47 Å². The van der Waals surface area contributed by atoms with Crippen LogP contribution in [0.25, 0.3) is 22.2 Å². The van der Waals surface area contributed by atoms with E-state index in [2.05, 4.69) is 46.2 Å². The van der Waals surface area contributed by atoms with Gasteiger partial charge in [0.05, 0.1) is 37.2 Å². The number of nitrogens with zero attached hydrogens (tertiary/aromatic N) is 5. The lowest BCUT2D eigenvalue weighted by atomic mass is 10.1. The number of para-hydroxylation sites is 1. The average Bonchev–Trinajstić information content (AvgIpc) is 3.32. The maximum absolute atomic E-state index is 5.58. The number of rotatable bonds is 4. The number of aryl methyl sites for hydroxylation is 1. The Morgan fingerprint density at radius 3 is 2.62 bits per heavy atom. The largest absolute Gasteiger partial charge is 0.497 e. The van der Waals surface area contributed by atoms with Crippen LogP contribution in [-0.2, 0) is 11.2 Å². The number of methoxy groups -OCH3 is 1. The normalized spacial score (nSPS) is 15.6. The third-order valence-corrected chi connectivity index (χ3v) is 6.56. The molecule has 0 aliphatic carbocycles. The summed E-state index contributed by atoms with van der Waals surface area (Å²) in [7, 11) is 1.70. The van der Waals surface area contributed by atoms with Crippen LogP contribution in [0.5, 0.6) is 5.75 Å². The molecular weight excluding hydrogens is 426 g/mol. The number of hydrogen-bond donors (Lipinski definition) is 0. The smallest absolute Gasteiger partial charge is 0.228 e. The van der Waals surface area contributed by atoms with Crippen molar-refractivity contribution >= 4 is 28.4 Å². The van der Waals surface area contributed by atoms with Gasteiger partial charge in [-0.15, -0.1) is 0 Å². The van der Waals surface area contributed by atoms with Crippen molar-refractivity contribution in [3.63, 3.8) is 0 Å². The second-order valence-electron chi connectivity index (χ2n) is 8.71. The van der Waals surface area contributed by atoms with Gasteiger partial charge in [0.25, 0.3) is 0 Å². The van der Waals surface area contributed by atoms with E-state index in [9.17, 15) is 0 Å². The van der Waals surface area contributed by atoms with Crippen molar-refractivity contribution in [1.82, 2.24) is 15.0 Å². The zero-order valence-electron chi connectivity index (χ0n) is 19.5. The third-order valence-electron chi connectivity index (χ3n) is 6.56. The van der Waals surface area contributed by atoms with Gasteiger partial charge >= 0.3 is 0 Å². The molecule has 1 saturated heterocycles. The van der Waals surface area contributed by atoms with Gasteiger partial charge in [-0.1, -0.05) is 30.3 Å². The number of benzene rings is 2. The first-order valence-corrected chi connectivity index (χ1v) is 11.7. The summed E-state index contributed by atoms with van der Waals surface area (Å²) in [6.07, 6.45) is 0.876. The van der Waals surface area contributed by atoms with Crippen molar-refractivity contribution in [1.29, 1.82) is 0 Å². The molecule has 2 aromatic carbocycles. The number of fused-ring (bicyclic) bond motifs is 2. The molecule has 4 heterocycles. The zero-order valence-corrected chi connectivity index (χ0v) is 19.5. The molecule has 2 aromatic heterocycles. The van der Waals surface area contributed by atoms with Crippen LogP contribution in [0.3, 0.4) is 0 Å². The summed E-state index contributed by atoms with van der Waals surface area (Å²) in [4.78, 5) is 19.5. The number of hydrogen-bond acceptors (Lipinski definition) is 7. The Labute approximate surface area is 199 Å². The maximum atomic E-state index is 5.58. The van der Waals surface area contributed by atoms with Crippen LogP contribution in [-0.4, -0.2) is 54.9 Å². The number of morpholine rings is 1. The molecule has 0 bridgehead atoms. The molecule has 0 amide bonds. The van der Waals surface area contributed by atoms with Gasteiger partial charge in [-0.25, -0.2) is 4.98 Å². The molecule has 0 saturated carbocycles. The molecule has 34 heavy (non-hydrogen) atoms. The number of ether oxygens (including phenoxy) is 2. The van der Waals surface area contributed by atoms with Gasteiger partial charge in [-0.3, -0.25) is 4.98 Å². The lowest BCUT2D eigenvalue weighted by Gasteiger charge is -2.28. The lowest BCUT2D eigenvalue weighted by Crippen LogP contribution is -2.37. The van der Waals surface area contributed by atoms with Gasteiger partial charge in [-0.2, -0.15) is 4.98 Å². The molecule has 4 aromatic rings. The molecule has 2 aliphatic rings. The highest BCUT2D eigenvalue weighted by molar-refractivity contribution is 5.95. The molecule has 2 aliphatic heterocycles. The van der Waals surface area contributed by atoms with Crippen LogP contribution >= 0.6 is 0 Å². The maximum Gasteiger partial charge on any atom is 0.228 e. The first-order chi connectivity index (χ1) is 16.7. The van der Waals surface area contributed by atoms with Crippen molar-refractivity contribution in [2.45, 2.75) is 13.3 Å². The van der Waals surface area contributed by atoms with Gasteiger partial charge in [0, 0.05) is 41.8 Å². The lowest BCUT2D eigenvalue weighted by molar-refractivity contribution is 0.122. The Morgan fingerprint density at radius 2 is 1.76 bits per heavy atom. The standard InChI is InChI=1S/C27H27N5O2/c1-18-16-24(21-8-3-4-9-23(21)28-18)32-11-10-22-25(19-6-5-7-20(17-19)33-2)29-27(30-26(22)32)31-12-14-34-15-13-31/h3-9,16-17H,10-15H2,1-2H3. The molecule has 7 nitrogen and oxygen atoms in total. The summed E-state index contributed by atoms with van der Waals surface area (Å²) in [6.45, 7) is 5.84. The van der Waals surface area contributed by atoms with Crippen LogP contribution in [0, 0.1) is 6.92 Å². The van der Waals surface area contributed by atoms with Crippen LogP contribution in [0.4, 0.5) is 17.5 Å². The molecule has 0 unspecified atom stereocenters. The first kappa shape index (κ1) is 20.9. The Kier molecular flexibility index (Phi) is 5.26. The molecule has 0 radical (unpaired) electrons. The van der Waals surface area contributed by atoms with E-state index in [0.29, 0.717) is 13.2 Å². The van der Waals surface area contributed by atoms with Crippen molar-refractivity contribution in [3.8, 4) is 17.0 Å². The minimum absolute atomic E-state index is 0.687. The summed E-state index contributed by atoms with van der Waals surface area (Å²) in [6, 6.07) is 18.6. The second-order valence-corrected chi connectivity index (χ2v) is 8.71. The summed E-state index contributed by atoms with van der Waals surface area (Å²) < 4.78 is 11.1. The summed E-state index contributed by atoms with van der Waals surface area (Å²) >= 11 is 0. The van der Waals surface area contributed by atoms with E-state index < -0.39 is 0 Å². The highest BCUT2D eigenvalue weighted by atomic mass is 16.5. The van der Waals surface area contributed by atoms with E-state index in [1.165, 1.54) is 5.56 Å². The molecule has 0 atom stereocenters. The van der Waals surface area contributed by atoms with E-state index in [4.69, 9.17) is 24.4 Å². The van der Waals surface area contributed by atoms with Crippen molar-refractivity contribution in [3.05, 3.63) is 65.9 Å². The van der Waals surface area contributed by atoms with Gasteiger partial charge in [-0.05, 0) is 37.6 Å². The summed E-state index contributed by atoms with van der Waals surface area (Å²) in [5.74, 6) is 2.55. The summed E-state index contributed by atoms with van der Waals surface area (Å²) in [5, 5.41) is 1.13. The average molecular weight is 454 g/mol. The highest BCUT2D eigenvalue weighted by Gasteiger charge is 2.30.